The number of azide groups is 1. The first-order valence-corrected chi connectivity index (χ1v) is 12.6. The Bertz CT molecular complexity index is 1610. The number of carboxylic acid groups (broad SMARTS) is 1. The van der Waals surface area contributed by atoms with Gasteiger partial charge in [-0.15, -0.1) is 0 Å². The highest BCUT2D eigenvalue weighted by atomic mass is 35.5. The maximum absolute atomic E-state index is 11.0. The largest absolute Gasteiger partial charge is 0.477 e. The third-order valence-electron chi connectivity index (χ3n) is 4.53. The summed E-state index contributed by atoms with van der Waals surface area (Å²) in [4.78, 5) is 60.2. The molecule has 4 heterocycles. The standard InChI is InChI=1S/C7H6ClNO2.C7H6N4O2.C7H8N2O2.C6H4ClNO2/c1-11-7(10)6-4-5(8)2-3-9-6;1-13-7(12)6-4-5(10-11-8)2-3-9-6;1-11-7(10)6-4-5(8)2-3-9-6;7-4-1-2-8-5(3-4)6(9)10/h2-4H,1H3;2-4H,1H3;2-4H,1H3,(H2,8,9);1-3H,(H,9,10). The number of aromatic nitrogens is 4. The lowest BCUT2D eigenvalue weighted by Crippen LogP contribution is -2.04. The Morgan fingerprint density at radius 2 is 1.11 bits per heavy atom. The van der Waals surface area contributed by atoms with Gasteiger partial charge in [-0.3, -0.25) is 0 Å². The molecule has 0 aliphatic rings. The molecule has 0 spiro atoms. The van der Waals surface area contributed by atoms with Gasteiger partial charge >= 0.3 is 23.9 Å². The highest BCUT2D eigenvalue weighted by Crippen LogP contribution is 2.12. The van der Waals surface area contributed by atoms with Crippen LogP contribution in [0, 0.1) is 0 Å². The Kier molecular flexibility index (Phi) is 16.6. The van der Waals surface area contributed by atoms with E-state index in [1.807, 2.05) is 0 Å². The monoisotopic (exact) mass is 658 g/mol. The van der Waals surface area contributed by atoms with Gasteiger partial charge < -0.3 is 25.1 Å². The number of rotatable bonds is 5. The van der Waals surface area contributed by atoms with Gasteiger partial charge in [-0.1, -0.05) is 28.3 Å². The number of hydrogen-bond donors (Lipinski definition) is 2. The summed E-state index contributed by atoms with van der Waals surface area (Å²) in [5.74, 6) is -2.58. The lowest BCUT2D eigenvalue weighted by Gasteiger charge is -1.97. The Morgan fingerprint density at radius 3 is 1.51 bits per heavy atom. The van der Waals surface area contributed by atoms with Crippen molar-refractivity contribution in [2.24, 2.45) is 5.11 Å². The van der Waals surface area contributed by atoms with E-state index >= 15 is 0 Å². The zero-order chi connectivity index (χ0) is 33.8. The summed E-state index contributed by atoms with van der Waals surface area (Å²) in [5, 5.41) is 12.6. The quantitative estimate of drug-likeness (QED) is 0.0919. The number of nitrogens with two attached hydrogens (primary N) is 1. The van der Waals surface area contributed by atoms with Crippen LogP contribution in [0.3, 0.4) is 0 Å². The van der Waals surface area contributed by atoms with Crippen LogP contribution in [0.1, 0.15) is 42.0 Å². The molecule has 45 heavy (non-hydrogen) atoms. The average Bonchev–Trinajstić information content (AvgIpc) is 3.04. The third kappa shape index (κ3) is 14.3. The molecule has 0 amide bonds. The van der Waals surface area contributed by atoms with Gasteiger partial charge in [0, 0.05) is 51.1 Å². The van der Waals surface area contributed by atoms with Gasteiger partial charge in [0.15, 0.2) is 0 Å². The molecule has 4 aromatic rings. The first-order chi connectivity index (χ1) is 21.4. The van der Waals surface area contributed by atoms with Gasteiger partial charge in [-0.05, 0) is 54.1 Å². The second kappa shape index (κ2) is 20.1. The first kappa shape index (κ1) is 37.2. The minimum absolute atomic E-state index is 0.0347. The molecule has 0 saturated carbocycles. The van der Waals surface area contributed by atoms with Crippen LogP contribution in [0.25, 0.3) is 10.4 Å². The number of carbonyl (C=O) groups excluding carboxylic acids is 3. The first-order valence-electron chi connectivity index (χ1n) is 11.9. The van der Waals surface area contributed by atoms with E-state index in [0.29, 0.717) is 21.4 Å². The Morgan fingerprint density at radius 1 is 0.711 bits per heavy atom. The number of anilines is 1. The molecule has 0 aliphatic carbocycles. The van der Waals surface area contributed by atoms with Gasteiger partial charge in [0.2, 0.25) is 0 Å². The summed E-state index contributed by atoms with van der Waals surface area (Å²) < 4.78 is 13.3. The van der Waals surface area contributed by atoms with Gasteiger partial charge in [-0.25, -0.2) is 39.1 Å². The normalized spacial score (nSPS) is 9.09. The average molecular weight is 659 g/mol. The maximum atomic E-state index is 11.0. The molecule has 234 valence electrons. The van der Waals surface area contributed by atoms with Gasteiger partial charge in [-0.2, -0.15) is 0 Å². The van der Waals surface area contributed by atoms with Crippen molar-refractivity contribution in [3.8, 4) is 0 Å². The molecule has 0 atom stereocenters. The number of pyridine rings is 4. The van der Waals surface area contributed by atoms with Gasteiger partial charge in [0.25, 0.3) is 0 Å². The van der Waals surface area contributed by atoms with Crippen LogP contribution in [0.5, 0.6) is 0 Å². The van der Waals surface area contributed by atoms with E-state index in [1.54, 1.807) is 12.1 Å². The molecule has 4 rings (SSSR count). The molecule has 16 nitrogen and oxygen atoms in total. The van der Waals surface area contributed by atoms with Crippen molar-refractivity contribution in [1.82, 2.24) is 19.9 Å². The molecule has 4 aromatic heterocycles. The number of nitrogens with zero attached hydrogens (tertiary/aromatic N) is 7. The number of ether oxygens (including phenoxy) is 3. The van der Waals surface area contributed by atoms with Crippen molar-refractivity contribution in [1.29, 1.82) is 0 Å². The highest BCUT2D eigenvalue weighted by molar-refractivity contribution is 6.31. The summed E-state index contributed by atoms with van der Waals surface area (Å²) in [7, 11) is 3.85. The molecule has 0 saturated heterocycles. The zero-order valence-electron chi connectivity index (χ0n) is 23.7. The number of nitrogen functional groups attached to an aromatic ring is 1. The lowest BCUT2D eigenvalue weighted by molar-refractivity contribution is 0.0585. The van der Waals surface area contributed by atoms with Crippen molar-refractivity contribution in [2.45, 2.75) is 0 Å². The van der Waals surface area contributed by atoms with Crippen molar-refractivity contribution in [3.63, 3.8) is 0 Å². The molecular formula is C27H24Cl2N8O8. The smallest absolute Gasteiger partial charge is 0.356 e. The fourth-order valence-corrected chi connectivity index (χ4v) is 2.87. The Labute approximate surface area is 265 Å². The molecule has 0 unspecified atom stereocenters. The van der Waals surface area contributed by atoms with Crippen molar-refractivity contribution < 1.29 is 38.5 Å². The summed E-state index contributed by atoms with van der Waals surface area (Å²) in [6.07, 6.45) is 5.64. The molecule has 0 radical (unpaired) electrons. The second-order valence-corrected chi connectivity index (χ2v) is 8.43. The van der Waals surface area contributed by atoms with Gasteiger partial charge in [0.05, 0.1) is 21.3 Å². The maximum Gasteiger partial charge on any atom is 0.356 e. The van der Waals surface area contributed by atoms with E-state index in [0.717, 1.165) is 0 Å². The SMILES string of the molecule is COC(=O)c1cc(Cl)ccn1.COC(=O)c1cc(N)ccn1.COC(=O)c1cc(N=[N+]=[N-])ccn1.O=C(O)c1cc(Cl)ccn1. The van der Waals surface area contributed by atoms with E-state index in [2.05, 4.69) is 44.2 Å². The molecular weight excluding hydrogens is 635 g/mol. The minimum Gasteiger partial charge on any atom is -0.477 e. The van der Waals surface area contributed by atoms with Crippen molar-refractivity contribution >= 4 is 58.5 Å². The van der Waals surface area contributed by atoms with E-state index in [-0.39, 0.29) is 22.8 Å². The van der Waals surface area contributed by atoms with Crippen LogP contribution in [0.15, 0.2) is 78.4 Å². The molecule has 0 aliphatic heterocycles. The predicted octanol–water partition coefficient (Wildman–Crippen LogP) is 5.22. The summed E-state index contributed by atoms with van der Waals surface area (Å²) >= 11 is 11.1. The summed E-state index contributed by atoms with van der Waals surface area (Å²) in [6, 6.07) is 11.8. The second-order valence-electron chi connectivity index (χ2n) is 7.56. The molecule has 18 heteroatoms. The predicted molar refractivity (Wildman–Crippen MR) is 161 cm³/mol. The summed E-state index contributed by atoms with van der Waals surface area (Å²) in [6.45, 7) is 0. The van der Waals surface area contributed by atoms with Crippen LogP contribution in [-0.2, 0) is 14.2 Å². The molecule has 0 bridgehead atoms. The fourth-order valence-electron chi connectivity index (χ4n) is 2.56. The Balaban J connectivity index is 0.000000301. The van der Waals surface area contributed by atoms with Gasteiger partial charge in [0.1, 0.15) is 22.8 Å². The van der Waals surface area contributed by atoms with E-state index < -0.39 is 23.9 Å². The lowest BCUT2D eigenvalue weighted by atomic mass is 10.3. The Hall–Kier alpha value is -5.83. The number of carboxylic acids is 1. The van der Waals surface area contributed by atoms with E-state index in [9.17, 15) is 19.2 Å². The fraction of sp³-hybridized carbons (Fsp3) is 0.111. The van der Waals surface area contributed by atoms with E-state index in [1.165, 1.54) is 82.5 Å². The number of carbonyl (C=O) groups is 4. The van der Waals surface area contributed by atoms with Crippen LogP contribution in [0.4, 0.5) is 11.4 Å². The number of aromatic carboxylic acids is 1. The molecule has 0 fully saturated rings. The summed E-state index contributed by atoms with van der Waals surface area (Å²) in [5.41, 5.74) is 14.9. The number of methoxy groups -OCH3 is 3. The van der Waals surface area contributed by atoms with Crippen LogP contribution < -0.4 is 5.73 Å². The number of hydrogen-bond acceptors (Lipinski definition) is 13. The topological polar surface area (TPSA) is 243 Å². The zero-order valence-corrected chi connectivity index (χ0v) is 25.2. The van der Waals surface area contributed by atoms with Crippen molar-refractivity contribution in [3.05, 3.63) is 117 Å². The minimum atomic E-state index is -1.07. The number of halogens is 2. The van der Waals surface area contributed by atoms with Crippen LogP contribution >= 0.6 is 23.2 Å². The molecule has 0 aromatic carbocycles. The highest BCUT2D eigenvalue weighted by Gasteiger charge is 2.07. The number of esters is 3. The van der Waals surface area contributed by atoms with Crippen LogP contribution in [0.2, 0.25) is 10.0 Å². The third-order valence-corrected chi connectivity index (χ3v) is 5.00. The molecule has 3 N–H and O–H groups in total. The van der Waals surface area contributed by atoms with E-state index in [4.69, 9.17) is 39.6 Å². The van der Waals surface area contributed by atoms with Crippen LogP contribution in [-0.4, -0.2) is 70.2 Å². The van der Waals surface area contributed by atoms with Crippen molar-refractivity contribution in [2.75, 3.05) is 27.1 Å².